The smallest absolute Gasteiger partial charge is 0.226 e. The highest BCUT2D eigenvalue weighted by Gasteiger charge is 2.08. The summed E-state index contributed by atoms with van der Waals surface area (Å²) in [6.07, 6.45) is 1.21. The normalized spacial score (nSPS) is 10.5. The van der Waals surface area contributed by atoms with Gasteiger partial charge in [0, 0.05) is 31.1 Å². The molecule has 112 valence electrons. The zero-order valence-corrected chi connectivity index (χ0v) is 13.8. The van der Waals surface area contributed by atoms with E-state index in [9.17, 15) is 4.79 Å². The Balaban J connectivity index is 1.86. The summed E-state index contributed by atoms with van der Waals surface area (Å²) in [4.78, 5) is 19.4. The molecule has 0 unspecified atom stereocenters. The molecule has 0 fully saturated rings. The first kappa shape index (κ1) is 15.5. The minimum absolute atomic E-state index is 0.0143. The second-order valence-electron chi connectivity index (χ2n) is 5.27. The van der Waals surface area contributed by atoms with Crippen LogP contribution in [0.2, 0.25) is 0 Å². The molecule has 2 rings (SSSR count). The predicted octanol–water partition coefficient (Wildman–Crippen LogP) is 3.40. The van der Waals surface area contributed by atoms with Crippen LogP contribution >= 0.6 is 11.3 Å². The van der Waals surface area contributed by atoms with Gasteiger partial charge >= 0.3 is 0 Å². The minimum atomic E-state index is 0.0143. The van der Waals surface area contributed by atoms with Gasteiger partial charge in [-0.05, 0) is 38.0 Å². The lowest BCUT2D eigenvalue weighted by Crippen LogP contribution is -2.12. The number of nitrogens with one attached hydrogen (secondary N) is 1. The second kappa shape index (κ2) is 6.72. The summed E-state index contributed by atoms with van der Waals surface area (Å²) in [5.74, 6) is 0.0143. The summed E-state index contributed by atoms with van der Waals surface area (Å²) in [5, 5.41) is 3.56. The van der Waals surface area contributed by atoms with Gasteiger partial charge in [0.05, 0.1) is 5.69 Å². The Kier molecular flexibility index (Phi) is 4.96. The van der Waals surface area contributed by atoms with E-state index in [4.69, 9.17) is 0 Å². The number of benzene rings is 1. The van der Waals surface area contributed by atoms with Crippen molar-refractivity contribution in [3.8, 4) is 0 Å². The Bertz CT molecular complexity index is 597. The third-order valence-electron chi connectivity index (χ3n) is 3.37. The van der Waals surface area contributed by atoms with E-state index in [2.05, 4.69) is 39.5 Å². The number of amides is 1. The van der Waals surface area contributed by atoms with Gasteiger partial charge in [-0.25, -0.2) is 4.98 Å². The molecule has 1 amide bonds. The fraction of sp³-hybridized carbons (Fsp3) is 0.375. The van der Waals surface area contributed by atoms with Gasteiger partial charge in [-0.2, -0.15) is 0 Å². The molecule has 0 saturated heterocycles. The van der Waals surface area contributed by atoms with E-state index in [1.807, 2.05) is 27.9 Å². The molecule has 1 aromatic carbocycles. The summed E-state index contributed by atoms with van der Waals surface area (Å²) in [5.41, 5.74) is 3.31. The van der Waals surface area contributed by atoms with Crippen LogP contribution in [0.15, 0.2) is 24.3 Å². The third kappa shape index (κ3) is 4.29. The van der Waals surface area contributed by atoms with Crippen LogP contribution in [0.4, 0.5) is 10.8 Å². The first-order valence-electron chi connectivity index (χ1n) is 6.96. The van der Waals surface area contributed by atoms with Crippen molar-refractivity contribution in [2.75, 3.05) is 24.3 Å². The molecular formula is C16H21N3OS. The SMILES string of the molecule is Cc1nc(NC(=O)CCc2ccc(N(C)C)cc2)sc1C. The summed E-state index contributed by atoms with van der Waals surface area (Å²) in [7, 11) is 4.03. The highest BCUT2D eigenvalue weighted by Crippen LogP contribution is 2.21. The van der Waals surface area contributed by atoms with E-state index in [0.29, 0.717) is 11.6 Å². The Morgan fingerprint density at radius 2 is 1.90 bits per heavy atom. The fourth-order valence-corrected chi connectivity index (χ4v) is 2.76. The average Bonchev–Trinajstić information content (AvgIpc) is 2.75. The molecule has 0 radical (unpaired) electrons. The van der Waals surface area contributed by atoms with Crippen LogP contribution in [0.5, 0.6) is 0 Å². The van der Waals surface area contributed by atoms with Crippen LogP contribution < -0.4 is 10.2 Å². The number of carbonyl (C=O) groups excluding carboxylic acids is 1. The highest BCUT2D eigenvalue weighted by atomic mass is 32.1. The molecule has 4 nitrogen and oxygen atoms in total. The molecule has 1 N–H and O–H groups in total. The lowest BCUT2D eigenvalue weighted by atomic mass is 10.1. The summed E-state index contributed by atoms with van der Waals surface area (Å²) in [6, 6.07) is 8.28. The molecule has 0 aliphatic carbocycles. The molecular weight excluding hydrogens is 282 g/mol. The number of thiazole rings is 1. The number of anilines is 2. The van der Waals surface area contributed by atoms with E-state index in [-0.39, 0.29) is 5.91 Å². The number of aryl methyl sites for hydroxylation is 3. The van der Waals surface area contributed by atoms with Crippen molar-refractivity contribution in [1.29, 1.82) is 0 Å². The number of hydrogen-bond donors (Lipinski definition) is 1. The molecule has 0 saturated carbocycles. The molecule has 1 aromatic heterocycles. The van der Waals surface area contributed by atoms with E-state index in [1.165, 1.54) is 16.9 Å². The van der Waals surface area contributed by atoms with Gasteiger partial charge in [-0.1, -0.05) is 12.1 Å². The predicted molar refractivity (Wildman–Crippen MR) is 89.3 cm³/mol. The lowest BCUT2D eigenvalue weighted by Gasteiger charge is -2.12. The molecule has 0 bridgehead atoms. The van der Waals surface area contributed by atoms with Crippen LogP contribution in [0.3, 0.4) is 0 Å². The Morgan fingerprint density at radius 3 is 2.43 bits per heavy atom. The Hall–Kier alpha value is -1.88. The van der Waals surface area contributed by atoms with Gasteiger partial charge < -0.3 is 10.2 Å². The maximum absolute atomic E-state index is 11.9. The summed E-state index contributed by atoms with van der Waals surface area (Å²) >= 11 is 1.52. The first-order valence-corrected chi connectivity index (χ1v) is 7.77. The zero-order valence-electron chi connectivity index (χ0n) is 12.9. The van der Waals surface area contributed by atoms with E-state index in [0.717, 1.165) is 22.7 Å². The van der Waals surface area contributed by atoms with Crippen molar-refractivity contribution >= 4 is 28.1 Å². The van der Waals surface area contributed by atoms with Crippen LogP contribution in [-0.4, -0.2) is 25.0 Å². The van der Waals surface area contributed by atoms with Crippen molar-refractivity contribution in [3.05, 3.63) is 40.4 Å². The highest BCUT2D eigenvalue weighted by molar-refractivity contribution is 7.15. The maximum Gasteiger partial charge on any atom is 0.226 e. The van der Waals surface area contributed by atoms with Crippen LogP contribution in [0.1, 0.15) is 22.6 Å². The number of carbonyl (C=O) groups is 1. The fourth-order valence-electron chi connectivity index (χ4n) is 1.93. The molecule has 21 heavy (non-hydrogen) atoms. The van der Waals surface area contributed by atoms with Crippen LogP contribution in [-0.2, 0) is 11.2 Å². The Morgan fingerprint density at radius 1 is 1.24 bits per heavy atom. The topological polar surface area (TPSA) is 45.2 Å². The van der Waals surface area contributed by atoms with E-state index < -0.39 is 0 Å². The standard InChI is InChI=1S/C16H21N3OS/c1-11-12(2)21-16(17-11)18-15(20)10-7-13-5-8-14(9-6-13)19(3)4/h5-6,8-9H,7,10H2,1-4H3,(H,17,18,20). The third-order valence-corrected chi connectivity index (χ3v) is 4.36. The average molecular weight is 303 g/mol. The van der Waals surface area contributed by atoms with Crippen LogP contribution in [0.25, 0.3) is 0 Å². The van der Waals surface area contributed by atoms with Crippen molar-refractivity contribution in [2.45, 2.75) is 26.7 Å². The first-order chi connectivity index (χ1) is 9.95. The molecule has 2 aromatic rings. The number of rotatable bonds is 5. The van der Waals surface area contributed by atoms with Crippen molar-refractivity contribution < 1.29 is 4.79 Å². The van der Waals surface area contributed by atoms with Crippen molar-refractivity contribution in [2.24, 2.45) is 0 Å². The molecule has 0 atom stereocenters. The van der Waals surface area contributed by atoms with E-state index >= 15 is 0 Å². The van der Waals surface area contributed by atoms with Gasteiger partial charge in [-0.3, -0.25) is 4.79 Å². The molecule has 0 aliphatic heterocycles. The number of aromatic nitrogens is 1. The monoisotopic (exact) mass is 303 g/mol. The number of nitrogens with zero attached hydrogens (tertiary/aromatic N) is 2. The van der Waals surface area contributed by atoms with Crippen LogP contribution in [0, 0.1) is 13.8 Å². The maximum atomic E-state index is 11.9. The molecule has 0 aliphatic rings. The molecule has 1 heterocycles. The molecule has 0 spiro atoms. The van der Waals surface area contributed by atoms with Gasteiger partial charge in [0.2, 0.25) is 5.91 Å². The van der Waals surface area contributed by atoms with Crippen molar-refractivity contribution in [3.63, 3.8) is 0 Å². The quantitative estimate of drug-likeness (QED) is 0.921. The van der Waals surface area contributed by atoms with Gasteiger partial charge in [-0.15, -0.1) is 11.3 Å². The minimum Gasteiger partial charge on any atom is -0.378 e. The Labute approximate surface area is 129 Å². The lowest BCUT2D eigenvalue weighted by molar-refractivity contribution is -0.116. The second-order valence-corrected chi connectivity index (χ2v) is 6.47. The number of hydrogen-bond acceptors (Lipinski definition) is 4. The summed E-state index contributed by atoms with van der Waals surface area (Å²) in [6.45, 7) is 3.96. The van der Waals surface area contributed by atoms with Gasteiger partial charge in [0.1, 0.15) is 0 Å². The van der Waals surface area contributed by atoms with Gasteiger partial charge in [0.25, 0.3) is 0 Å². The van der Waals surface area contributed by atoms with Gasteiger partial charge in [0.15, 0.2) is 5.13 Å². The summed E-state index contributed by atoms with van der Waals surface area (Å²) < 4.78 is 0. The molecule has 5 heteroatoms. The zero-order chi connectivity index (χ0) is 15.4. The van der Waals surface area contributed by atoms with E-state index in [1.54, 1.807) is 0 Å². The van der Waals surface area contributed by atoms with Crippen molar-refractivity contribution in [1.82, 2.24) is 4.98 Å². The largest absolute Gasteiger partial charge is 0.378 e.